The van der Waals surface area contributed by atoms with Gasteiger partial charge >= 0.3 is 5.69 Å². The predicted octanol–water partition coefficient (Wildman–Crippen LogP) is 3.69. The fraction of sp³-hybridized carbons (Fsp3) is 0.368. The number of hydrogen-bond acceptors (Lipinski definition) is 3. The molecule has 0 radical (unpaired) electrons. The van der Waals surface area contributed by atoms with Crippen molar-refractivity contribution in [1.29, 1.82) is 0 Å². The molecule has 0 aliphatic carbocycles. The van der Waals surface area contributed by atoms with Crippen molar-refractivity contribution in [3.05, 3.63) is 67.2 Å². The number of rotatable bonds is 5. The van der Waals surface area contributed by atoms with Crippen molar-refractivity contribution in [3.8, 4) is 0 Å². The smallest absolute Gasteiger partial charge is 0.284 e. The second-order valence-electron chi connectivity index (χ2n) is 6.13. The van der Waals surface area contributed by atoms with Crippen LogP contribution >= 0.6 is 11.3 Å². The van der Waals surface area contributed by atoms with E-state index in [2.05, 4.69) is 6.92 Å². The molecule has 0 fully saturated rings. The third kappa shape index (κ3) is 2.84. The summed E-state index contributed by atoms with van der Waals surface area (Å²) in [6.45, 7) is 7.05. The van der Waals surface area contributed by atoms with Gasteiger partial charge in [0.25, 0.3) is 5.56 Å². The minimum Gasteiger partial charge on any atom is -0.284 e. The monoisotopic (exact) mass is 342 g/mol. The molecular formula is C19H22N2O2S. The molecule has 0 aliphatic heterocycles. The van der Waals surface area contributed by atoms with Crippen LogP contribution in [0.1, 0.15) is 35.8 Å². The lowest BCUT2D eigenvalue weighted by Gasteiger charge is -2.12. The number of nitrogens with zero attached hydrogens (tertiary/aromatic N) is 2. The van der Waals surface area contributed by atoms with E-state index in [1.54, 1.807) is 15.9 Å². The molecule has 2 aromatic heterocycles. The van der Waals surface area contributed by atoms with Gasteiger partial charge in [0, 0.05) is 11.4 Å². The van der Waals surface area contributed by atoms with E-state index in [9.17, 15) is 9.59 Å². The van der Waals surface area contributed by atoms with Crippen molar-refractivity contribution in [2.45, 2.75) is 46.7 Å². The maximum atomic E-state index is 13.0. The Balaban J connectivity index is 2.27. The number of benzene rings is 1. The zero-order valence-corrected chi connectivity index (χ0v) is 15.2. The Kier molecular flexibility index (Phi) is 4.71. The van der Waals surface area contributed by atoms with E-state index in [4.69, 9.17) is 0 Å². The Hall–Kier alpha value is -2.14. The van der Waals surface area contributed by atoms with Crippen LogP contribution in [0.2, 0.25) is 0 Å². The molecular weight excluding hydrogens is 320 g/mol. The minimum absolute atomic E-state index is 0.173. The van der Waals surface area contributed by atoms with Crippen LogP contribution in [-0.4, -0.2) is 9.13 Å². The first-order valence-electron chi connectivity index (χ1n) is 8.31. The minimum atomic E-state index is -0.203. The normalized spacial score (nSPS) is 11.3. The van der Waals surface area contributed by atoms with Gasteiger partial charge in [0.2, 0.25) is 0 Å². The summed E-state index contributed by atoms with van der Waals surface area (Å²) in [5.74, 6) is 0. The van der Waals surface area contributed by atoms with Crippen molar-refractivity contribution < 1.29 is 0 Å². The first kappa shape index (κ1) is 16.7. The highest BCUT2D eigenvalue weighted by Crippen LogP contribution is 2.27. The average molecular weight is 342 g/mol. The molecule has 1 aromatic carbocycles. The van der Waals surface area contributed by atoms with Crippen LogP contribution in [0.15, 0.2) is 39.9 Å². The number of aryl methyl sites for hydroxylation is 3. The van der Waals surface area contributed by atoms with Crippen molar-refractivity contribution in [2.24, 2.45) is 0 Å². The number of unbranched alkanes of at least 4 members (excludes halogenated alkanes) is 1. The first-order valence-corrected chi connectivity index (χ1v) is 9.13. The van der Waals surface area contributed by atoms with Crippen molar-refractivity contribution in [1.82, 2.24) is 9.13 Å². The SMILES string of the molecule is CCCCn1c(=O)n(Cc2ccccc2)c(=O)c2c(C)c(C)sc21. The predicted molar refractivity (Wildman–Crippen MR) is 100 cm³/mol. The number of aromatic nitrogens is 2. The summed E-state index contributed by atoms with van der Waals surface area (Å²) in [6.07, 6.45) is 1.93. The summed E-state index contributed by atoms with van der Waals surface area (Å²) >= 11 is 1.55. The lowest BCUT2D eigenvalue weighted by molar-refractivity contribution is 0.575. The number of thiophene rings is 1. The molecule has 126 valence electrons. The standard InChI is InChI=1S/C19H22N2O2S/c1-4-5-11-20-18-16(13(2)14(3)24-18)17(22)21(19(20)23)12-15-9-7-6-8-10-15/h6-10H,4-5,11-12H2,1-3H3. The quantitative estimate of drug-likeness (QED) is 0.710. The molecule has 0 saturated carbocycles. The molecule has 0 saturated heterocycles. The molecule has 0 unspecified atom stereocenters. The van der Waals surface area contributed by atoms with Crippen LogP contribution in [0.3, 0.4) is 0 Å². The highest BCUT2D eigenvalue weighted by molar-refractivity contribution is 7.18. The summed E-state index contributed by atoms with van der Waals surface area (Å²) in [6, 6.07) is 9.67. The molecule has 0 amide bonds. The summed E-state index contributed by atoms with van der Waals surface area (Å²) in [5, 5.41) is 0.698. The van der Waals surface area contributed by atoms with E-state index < -0.39 is 0 Å². The molecule has 0 N–H and O–H groups in total. The Labute approximate surface area is 145 Å². The molecule has 3 rings (SSSR count). The van der Waals surface area contributed by atoms with Crippen LogP contribution < -0.4 is 11.2 Å². The van der Waals surface area contributed by atoms with Gasteiger partial charge in [0.15, 0.2) is 0 Å². The van der Waals surface area contributed by atoms with Gasteiger partial charge in [0.1, 0.15) is 4.83 Å². The van der Waals surface area contributed by atoms with Gasteiger partial charge < -0.3 is 0 Å². The maximum Gasteiger partial charge on any atom is 0.332 e. The van der Waals surface area contributed by atoms with Crippen LogP contribution in [0.5, 0.6) is 0 Å². The largest absolute Gasteiger partial charge is 0.332 e. The highest BCUT2D eigenvalue weighted by atomic mass is 32.1. The average Bonchev–Trinajstić information content (AvgIpc) is 2.88. The second kappa shape index (κ2) is 6.77. The number of hydrogen-bond donors (Lipinski definition) is 0. The van der Waals surface area contributed by atoms with Crippen LogP contribution in [-0.2, 0) is 13.1 Å². The molecule has 0 atom stereocenters. The van der Waals surface area contributed by atoms with Gasteiger partial charge in [-0.3, -0.25) is 13.9 Å². The first-order chi connectivity index (χ1) is 11.5. The van der Waals surface area contributed by atoms with Crippen LogP contribution in [0.25, 0.3) is 10.2 Å². The molecule has 24 heavy (non-hydrogen) atoms. The van der Waals surface area contributed by atoms with E-state index in [-0.39, 0.29) is 11.2 Å². The van der Waals surface area contributed by atoms with Gasteiger partial charge in [-0.25, -0.2) is 4.79 Å². The summed E-state index contributed by atoms with van der Waals surface area (Å²) in [5.41, 5.74) is 1.58. The van der Waals surface area contributed by atoms with Crippen molar-refractivity contribution in [3.63, 3.8) is 0 Å². The Morgan fingerprint density at radius 1 is 1.04 bits per heavy atom. The Morgan fingerprint density at radius 2 is 1.75 bits per heavy atom. The maximum absolute atomic E-state index is 13.0. The van der Waals surface area contributed by atoms with Gasteiger partial charge in [0.05, 0.1) is 11.9 Å². The molecule has 0 spiro atoms. The van der Waals surface area contributed by atoms with Gasteiger partial charge in [-0.2, -0.15) is 0 Å². The van der Waals surface area contributed by atoms with Gasteiger partial charge in [-0.1, -0.05) is 43.7 Å². The van der Waals surface area contributed by atoms with Crippen molar-refractivity contribution in [2.75, 3.05) is 0 Å². The molecule has 0 aliphatic rings. The zero-order chi connectivity index (χ0) is 17.3. The lowest BCUT2D eigenvalue weighted by atomic mass is 10.2. The van der Waals surface area contributed by atoms with Gasteiger partial charge in [-0.05, 0) is 31.4 Å². The Morgan fingerprint density at radius 3 is 2.42 bits per heavy atom. The van der Waals surface area contributed by atoms with Crippen LogP contribution in [0, 0.1) is 13.8 Å². The highest BCUT2D eigenvalue weighted by Gasteiger charge is 2.18. The third-order valence-corrected chi connectivity index (χ3v) is 5.68. The lowest BCUT2D eigenvalue weighted by Crippen LogP contribution is -2.40. The van der Waals surface area contributed by atoms with Crippen LogP contribution in [0.4, 0.5) is 0 Å². The topological polar surface area (TPSA) is 44.0 Å². The molecule has 5 heteroatoms. The molecule has 4 nitrogen and oxygen atoms in total. The fourth-order valence-corrected chi connectivity index (χ4v) is 4.09. The van der Waals surface area contributed by atoms with E-state index in [0.717, 1.165) is 33.7 Å². The number of fused-ring (bicyclic) bond motifs is 1. The van der Waals surface area contributed by atoms with E-state index >= 15 is 0 Å². The van der Waals surface area contributed by atoms with Gasteiger partial charge in [-0.15, -0.1) is 11.3 Å². The van der Waals surface area contributed by atoms with E-state index in [1.165, 1.54) is 4.57 Å². The summed E-state index contributed by atoms with van der Waals surface area (Å²) in [7, 11) is 0. The Bertz CT molecular complexity index is 980. The van der Waals surface area contributed by atoms with E-state index in [1.807, 2.05) is 44.2 Å². The summed E-state index contributed by atoms with van der Waals surface area (Å²) < 4.78 is 3.17. The van der Waals surface area contributed by atoms with Crippen molar-refractivity contribution >= 4 is 21.6 Å². The molecule has 2 heterocycles. The second-order valence-corrected chi connectivity index (χ2v) is 7.33. The third-order valence-electron chi connectivity index (χ3n) is 4.45. The molecule has 0 bridgehead atoms. The summed E-state index contributed by atoms with van der Waals surface area (Å²) in [4.78, 5) is 27.9. The fourth-order valence-electron chi connectivity index (χ4n) is 2.92. The van der Waals surface area contributed by atoms with E-state index in [0.29, 0.717) is 18.5 Å². The zero-order valence-electron chi connectivity index (χ0n) is 14.3. The molecule has 3 aromatic rings.